The van der Waals surface area contributed by atoms with Crippen LogP contribution in [0.5, 0.6) is 0 Å². The lowest BCUT2D eigenvalue weighted by Gasteiger charge is -2.25. The maximum Gasteiger partial charge on any atom is 0.0402 e. The van der Waals surface area contributed by atoms with Crippen LogP contribution in [0.4, 0.5) is 5.69 Å². The van der Waals surface area contributed by atoms with E-state index in [2.05, 4.69) is 43.0 Å². The van der Waals surface area contributed by atoms with Gasteiger partial charge in [0.05, 0.1) is 0 Å². The molecule has 1 aliphatic heterocycles. The molecule has 0 radical (unpaired) electrons. The zero-order chi connectivity index (χ0) is 13.0. The number of nitrogens with zero attached hydrogens (tertiary/aromatic N) is 1. The van der Waals surface area contributed by atoms with Crippen LogP contribution in [0.15, 0.2) is 24.3 Å². The van der Waals surface area contributed by atoms with Gasteiger partial charge in [0.2, 0.25) is 0 Å². The summed E-state index contributed by atoms with van der Waals surface area (Å²) in [5, 5.41) is 0. The molecule has 2 nitrogen and oxygen atoms in total. The first-order valence-electron chi connectivity index (χ1n) is 7.27. The van der Waals surface area contributed by atoms with E-state index in [1.165, 1.54) is 37.1 Å². The number of benzene rings is 1. The Bertz CT molecular complexity index is 375. The third-order valence-corrected chi connectivity index (χ3v) is 4.10. The molecule has 0 aromatic heterocycles. The normalized spacial score (nSPS) is 19.9. The van der Waals surface area contributed by atoms with Gasteiger partial charge in [0.1, 0.15) is 0 Å². The number of hydrogen-bond donors (Lipinski definition) is 1. The number of fused-ring (bicyclic) bond motifs is 1. The average Bonchev–Trinajstić information content (AvgIpc) is 2.66. The minimum Gasteiger partial charge on any atom is -0.368 e. The van der Waals surface area contributed by atoms with Crippen molar-refractivity contribution in [3.05, 3.63) is 29.8 Å². The van der Waals surface area contributed by atoms with Crippen molar-refractivity contribution in [3.63, 3.8) is 0 Å². The molecule has 2 atom stereocenters. The Morgan fingerprint density at radius 2 is 2.11 bits per heavy atom. The molecule has 1 aliphatic rings. The summed E-state index contributed by atoms with van der Waals surface area (Å²) in [6.45, 7) is 6.66. The molecule has 2 heteroatoms. The molecular weight excluding hydrogens is 220 g/mol. The molecule has 0 saturated heterocycles. The minimum absolute atomic E-state index is 0.659. The molecule has 0 fully saturated rings. The van der Waals surface area contributed by atoms with Gasteiger partial charge in [-0.15, -0.1) is 0 Å². The van der Waals surface area contributed by atoms with Crippen molar-refractivity contribution in [2.75, 3.05) is 18.0 Å². The van der Waals surface area contributed by atoms with Crippen molar-refractivity contribution < 1.29 is 0 Å². The average molecular weight is 246 g/mol. The van der Waals surface area contributed by atoms with Crippen LogP contribution in [0.1, 0.15) is 38.7 Å². The van der Waals surface area contributed by atoms with Crippen LogP contribution in [0.2, 0.25) is 0 Å². The topological polar surface area (TPSA) is 29.3 Å². The van der Waals surface area contributed by atoms with Crippen LogP contribution < -0.4 is 10.6 Å². The van der Waals surface area contributed by atoms with E-state index in [9.17, 15) is 0 Å². The Morgan fingerprint density at radius 3 is 2.89 bits per heavy atom. The maximum absolute atomic E-state index is 5.60. The Hall–Kier alpha value is -1.02. The maximum atomic E-state index is 5.60. The minimum atomic E-state index is 0.659. The fraction of sp³-hybridized carbons (Fsp3) is 0.625. The quantitative estimate of drug-likeness (QED) is 0.835. The van der Waals surface area contributed by atoms with E-state index in [1.54, 1.807) is 0 Å². The lowest BCUT2D eigenvalue weighted by atomic mass is 10.0. The Balaban J connectivity index is 1.86. The molecule has 18 heavy (non-hydrogen) atoms. The number of rotatable bonds is 6. The largest absolute Gasteiger partial charge is 0.368 e. The third-order valence-electron chi connectivity index (χ3n) is 4.10. The molecule has 0 aliphatic carbocycles. The fourth-order valence-corrected chi connectivity index (χ4v) is 3.01. The lowest BCUT2D eigenvalue weighted by Crippen LogP contribution is -2.30. The van der Waals surface area contributed by atoms with Gasteiger partial charge in [0, 0.05) is 18.3 Å². The smallest absolute Gasteiger partial charge is 0.0402 e. The monoisotopic (exact) mass is 246 g/mol. The van der Waals surface area contributed by atoms with E-state index in [0.717, 1.165) is 18.9 Å². The Kier molecular flexibility index (Phi) is 4.65. The molecule has 0 amide bonds. The Labute approximate surface area is 111 Å². The van der Waals surface area contributed by atoms with Crippen molar-refractivity contribution in [1.82, 2.24) is 0 Å². The predicted molar refractivity (Wildman–Crippen MR) is 79.0 cm³/mol. The second-order valence-electron chi connectivity index (χ2n) is 5.70. The van der Waals surface area contributed by atoms with Gasteiger partial charge in [0.25, 0.3) is 0 Å². The van der Waals surface area contributed by atoms with Crippen molar-refractivity contribution in [3.8, 4) is 0 Å². The van der Waals surface area contributed by atoms with Gasteiger partial charge in [-0.3, -0.25) is 0 Å². The van der Waals surface area contributed by atoms with Crippen LogP contribution in [0, 0.1) is 5.92 Å². The van der Waals surface area contributed by atoms with Gasteiger partial charge >= 0.3 is 0 Å². The highest BCUT2D eigenvalue weighted by Gasteiger charge is 2.24. The van der Waals surface area contributed by atoms with Crippen molar-refractivity contribution in [2.24, 2.45) is 11.7 Å². The highest BCUT2D eigenvalue weighted by atomic mass is 15.2. The van der Waals surface area contributed by atoms with Gasteiger partial charge in [-0.05, 0) is 56.7 Å². The number of para-hydroxylation sites is 1. The van der Waals surface area contributed by atoms with Gasteiger partial charge in [-0.25, -0.2) is 0 Å². The van der Waals surface area contributed by atoms with Crippen molar-refractivity contribution in [2.45, 2.75) is 45.6 Å². The summed E-state index contributed by atoms with van der Waals surface area (Å²) < 4.78 is 0. The predicted octanol–water partition coefficient (Wildman–Crippen LogP) is 3.20. The van der Waals surface area contributed by atoms with Gasteiger partial charge < -0.3 is 10.6 Å². The molecule has 1 heterocycles. The molecule has 1 aromatic rings. The summed E-state index contributed by atoms with van der Waals surface area (Å²) in [5.41, 5.74) is 8.57. The molecular formula is C16H26N2. The molecule has 1 aromatic carbocycles. The Morgan fingerprint density at radius 1 is 1.33 bits per heavy atom. The molecule has 2 unspecified atom stereocenters. The zero-order valence-corrected chi connectivity index (χ0v) is 11.7. The van der Waals surface area contributed by atoms with E-state index in [1.807, 2.05) is 0 Å². The third kappa shape index (κ3) is 3.05. The first-order chi connectivity index (χ1) is 8.72. The molecule has 0 spiro atoms. The van der Waals surface area contributed by atoms with Crippen molar-refractivity contribution >= 4 is 5.69 Å². The van der Waals surface area contributed by atoms with E-state index in [4.69, 9.17) is 5.73 Å². The zero-order valence-electron chi connectivity index (χ0n) is 11.7. The highest BCUT2D eigenvalue weighted by molar-refractivity contribution is 5.59. The number of nitrogens with two attached hydrogens (primary N) is 1. The summed E-state index contributed by atoms with van der Waals surface area (Å²) in [5.74, 6) is 0.767. The lowest BCUT2D eigenvalue weighted by molar-refractivity contribution is 0.475. The number of hydrogen-bond acceptors (Lipinski definition) is 2. The molecule has 0 saturated carbocycles. The van der Waals surface area contributed by atoms with Gasteiger partial charge in [-0.1, -0.05) is 25.1 Å². The molecule has 0 bridgehead atoms. The fourth-order valence-electron chi connectivity index (χ4n) is 3.01. The first-order valence-corrected chi connectivity index (χ1v) is 7.27. The standard InChI is InChI=1S/C16H26N2/c1-13(9-10-17)6-5-11-18-14(2)12-15-7-3-4-8-16(15)18/h3-4,7-8,13-14H,5-6,9-12,17H2,1-2H3. The second kappa shape index (κ2) is 6.24. The van der Waals surface area contributed by atoms with E-state index in [-0.39, 0.29) is 0 Å². The van der Waals surface area contributed by atoms with Gasteiger partial charge in [0.15, 0.2) is 0 Å². The second-order valence-corrected chi connectivity index (χ2v) is 5.70. The van der Waals surface area contributed by atoms with E-state index < -0.39 is 0 Å². The van der Waals surface area contributed by atoms with E-state index >= 15 is 0 Å². The van der Waals surface area contributed by atoms with E-state index in [0.29, 0.717) is 6.04 Å². The van der Waals surface area contributed by atoms with Crippen molar-refractivity contribution in [1.29, 1.82) is 0 Å². The summed E-state index contributed by atoms with van der Waals surface area (Å²) in [6.07, 6.45) is 4.93. The summed E-state index contributed by atoms with van der Waals surface area (Å²) in [4.78, 5) is 2.57. The first kappa shape index (κ1) is 13.4. The van der Waals surface area contributed by atoms with Crippen LogP contribution in [-0.4, -0.2) is 19.1 Å². The van der Waals surface area contributed by atoms with Crippen LogP contribution in [0.25, 0.3) is 0 Å². The summed E-state index contributed by atoms with van der Waals surface area (Å²) in [7, 11) is 0. The van der Waals surface area contributed by atoms with Gasteiger partial charge in [-0.2, -0.15) is 0 Å². The highest BCUT2D eigenvalue weighted by Crippen LogP contribution is 2.32. The molecule has 2 N–H and O–H groups in total. The number of anilines is 1. The summed E-state index contributed by atoms with van der Waals surface area (Å²) in [6, 6.07) is 9.50. The SMILES string of the molecule is CC(CCN)CCCN1c2ccccc2CC1C. The van der Waals surface area contributed by atoms with Crippen LogP contribution in [-0.2, 0) is 6.42 Å². The molecule has 100 valence electrons. The summed E-state index contributed by atoms with van der Waals surface area (Å²) >= 11 is 0. The van der Waals surface area contributed by atoms with Crippen LogP contribution in [0.3, 0.4) is 0 Å². The molecule has 2 rings (SSSR count). The van der Waals surface area contributed by atoms with Crippen LogP contribution >= 0.6 is 0 Å².